The molecule has 0 saturated carbocycles. The third kappa shape index (κ3) is 3.70. The molecule has 0 aliphatic heterocycles. The summed E-state index contributed by atoms with van der Waals surface area (Å²) in [5.41, 5.74) is 0.969. The minimum absolute atomic E-state index is 0.196. The molecule has 76 valence electrons. The zero-order chi connectivity index (χ0) is 10.4. The third-order valence-electron chi connectivity index (χ3n) is 1.82. The molecule has 0 aliphatic carbocycles. The highest BCUT2D eigenvalue weighted by Crippen LogP contribution is 2.03. The van der Waals surface area contributed by atoms with E-state index in [4.69, 9.17) is 12.2 Å². The second-order valence-electron chi connectivity index (χ2n) is 2.89. The molecule has 0 radical (unpaired) electrons. The molecule has 0 saturated heterocycles. The zero-order valence-corrected chi connectivity index (χ0v) is 8.83. The van der Waals surface area contributed by atoms with Gasteiger partial charge in [0.1, 0.15) is 5.82 Å². The van der Waals surface area contributed by atoms with Crippen LogP contribution in [-0.4, -0.2) is 18.7 Å². The summed E-state index contributed by atoms with van der Waals surface area (Å²) in [4.78, 5) is 0. The number of thiocarbonyl (C=S) groups is 1. The van der Waals surface area contributed by atoms with Gasteiger partial charge >= 0.3 is 0 Å². The van der Waals surface area contributed by atoms with Crippen molar-refractivity contribution in [1.82, 2.24) is 10.6 Å². The Hall–Kier alpha value is -1.16. The van der Waals surface area contributed by atoms with Gasteiger partial charge in [0.2, 0.25) is 0 Å². The molecular weight excluding hydrogens is 199 g/mol. The molecule has 0 fully saturated rings. The van der Waals surface area contributed by atoms with Gasteiger partial charge in [0.05, 0.1) is 0 Å². The summed E-state index contributed by atoms with van der Waals surface area (Å²) >= 11 is 4.90. The van der Waals surface area contributed by atoms with E-state index in [9.17, 15) is 4.39 Å². The summed E-state index contributed by atoms with van der Waals surface area (Å²) in [6.45, 7) is 0.711. The maximum Gasteiger partial charge on any atom is 0.166 e. The van der Waals surface area contributed by atoms with Gasteiger partial charge in [-0.3, -0.25) is 0 Å². The molecule has 1 rings (SSSR count). The monoisotopic (exact) mass is 212 g/mol. The maximum absolute atomic E-state index is 12.8. The Morgan fingerprint density at radius 3 is 2.93 bits per heavy atom. The lowest BCUT2D eigenvalue weighted by Crippen LogP contribution is -2.33. The second-order valence-corrected chi connectivity index (χ2v) is 3.29. The normalized spacial score (nSPS) is 9.57. The van der Waals surface area contributed by atoms with E-state index in [1.54, 1.807) is 13.1 Å². The predicted molar refractivity (Wildman–Crippen MR) is 59.8 cm³/mol. The first-order valence-corrected chi connectivity index (χ1v) is 4.83. The SMILES string of the molecule is CNC(=S)NCCc1cccc(F)c1. The van der Waals surface area contributed by atoms with Gasteiger partial charge in [-0.15, -0.1) is 0 Å². The van der Waals surface area contributed by atoms with Crippen LogP contribution in [0.1, 0.15) is 5.56 Å². The van der Waals surface area contributed by atoms with Crippen molar-refractivity contribution < 1.29 is 4.39 Å². The van der Waals surface area contributed by atoms with Crippen molar-refractivity contribution in [2.24, 2.45) is 0 Å². The Morgan fingerprint density at radius 2 is 2.29 bits per heavy atom. The Bertz CT molecular complexity index is 315. The highest BCUT2D eigenvalue weighted by molar-refractivity contribution is 7.80. The van der Waals surface area contributed by atoms with Gasteiger partial charge < -0.3 is 10.6 Å². The van der Waals surface area contributed by atoms with Crippen LogP contribution in [0.4, 0.5) is 4.39 Å². The fourth-order valence-corrected chi connectivity index (χ4v) is 1.20. The lowest BCUT2D eigenvalue weighted by atomic mass is 10.1. The molecule has 2 nitrogen and oxygen atoms in total. The van der Waals surface area contributed by atoms with E-state index in [0.29, 0.717) is 11.7 Å². The van der Waals surface area contributed by atoms with Gasteiger partial charge in [-0.1, -0.05) is 12.1 Å². The van der Waals surface area contributed by atoms with E-state index in [0.717, 1.165) is 12.0 Å². The summed E-state index contributed by atoms with van der Waals surface area (Å²) in [5.74, 6) is -0.196. The molecule has 0 atom stereocenters. The standard InChI is InChI=1S/C10H13FN2S/c1-12-10(14)13-6-5-8-3-2-4-9(11)7-8/h2-4,7H,5-6H2,1H3,(H2,12,13,14). The van der Waals surface area contributed by atoms with E-state index in [1.165, 1.54) is 12.1 Å². The average Bonchev–Trinajstić information content (AvgIpc) is 2.17. The second kappa shape index (κ2) is 5.54. The molecule has 0 aromatic heterocycles. The lowest BCUT2D eigenvalue weighted by Gasteiger charge is -2.06. The van der Waals surface area contributed by atoms with Crippen LogP contribution in [0.15, 0.2) is 24.3 Å². The molecule has 0 unspecified atom stereocenters. The first-order valence-electron chi connectivity index (χ1n) is 4.42. The molecule has 2 N–H and O–H groups in total. The summed E-state index contributed by atoms with van der Waals surface area (Å²) in [6.07, 6.45) is 0.763. The number of hydrogen-bond acceptors (Lipinski definition) is 1. The molecule has 0 bridgehead atoms. The highest BCUT2D eigenvalue weighted by atomic mass is 32.1. The average molecular weight is 212 g/mol. The molecule has 14 heavy (non-hydrogen) atoms. The molecule has 0 heterocycles. The molecule has 1 aromatic carbocycles. The van der Waals surface area contributed by atoms with Crippen LogP contribution in [0.5, 0.6) is 0 Å². The van der Waals surface area contributed by atoms with E-state index in [1.807, 2.05) is 6.07 Å². The van der Waals surface area contributed by atoms with Crippen LogP contribution in [0.25, 0.3) is 0 Å². The smallest absolute Gasteiger partial charge is 0.166 e. The van der Waals surface area contributed by atoms with E-state index >= 15 is 0 Å². The Kier molecular flexibility index (Phi) is 4.32. The minimum Gasteiger partial charge on any atom is -0.366 e. The third-order valence-corrected chi connectivity index (χ3v) is 2.16. The Balaban J connectivity index is 2.35. The molecular formula is C10H13FN2S. The van der Waals surface area contributed by atoms with Gasteiger partial charge in [-0.25, -0.2) is 4.39 Å². The van der Waals surface area contributed by atoms with Crippen LogP contribution in [0.2, 0.25) is 0 Å². The number of halogens is 1. The van der Waals surface area contributed by atoms with Crippen LogP contribution in [0.3, 0.4) is 0 Å². The van der Waals surface area contributed by atoms with Gasteiger partial charge in [-0.2, -0.15) is 0 Å². The Labute approximate surface area is 88.5 Å². The quantitative estimate of drug-likeness (QED) is 0.742. The minimum atomic E-state index is -0.196. The molecule has 4 heteroatoms. The molecule has 1 aromatic rings. The van der Waals surface area contributed by atoms with Crippen molar-refractivity contribution in [3.8, 4) is 0 Å². The first-order chi connectivity index (χ1) is 6.72. The number of rotatable bonds is 3. The van der Waals surface area contributed by atoms with Crippen molar-refractivity contribution in [2.45, 2.75) is 6.42 Å². The van der Waals surface area contributed by atoms with Crippen molar-refractivity contribution in [3.05, 3.63) is 35.6 Å². The van der Waals surface area contributed by atoms with E-state index in [2.05, 4.69) is 10.6 Å². The van der Waals surface area contributed by atoms with Crippen LogP contribution >= 0.6 is 12.2 Å². The van der Waals surface area contributed by atoms with Gasteiger partial charge in [0, 0.05) is 13.6 Å². The van der Waals surface area contributed by atoms with Gasteiger partial charge in [-0.05, 0) is 36.3 Å². The van der Waals surface area contributed by atoms with Crippen LogP contribution in [0, 0.1) is 5.82 Å². The van der Waals surface area contributed by atoms with Crippen LogP contribution in [-0.2, 0) is 6.42 Å². The number of hydrogen-bond donors (Lipinski definition) is 2. The van der Waals surface area contributed by atoms with Crippen molar-refractivity contribution in [2.75, 3.05) is 13.6 Å². The summed E-state index contributed by atoms with van der Waals surface area (Å²) < 4.78 is 12.8. The van der Waals surface area contributed by atoms with Crippen molar-refractivity contribution in [3.63, 3.8) is 0 Å². The number of nitrogens with one attached hydrogen (secondary N) is 2. The van der Waals surface area contributed by atoms with Crippen molar-refractivity contribution in [1.29, 1.82) is 0 Å². The number of benzene rings is 1. The van der Waals surface area contributed by atoms with Gasteiger partial charge in [0.15, 0.2) is 5.11 Å². The topological polar surface area (TPSA) is 24.1 Å². The summed E-state index contributed by atoms with van der Waals surface area (Å²) in [5, 5.41) is 6.42. The fourth-order valence-electron chi connectivity index (χ4n) is 1.10. The van der Waals surface area contributed by atoms with E-state index < -0.39 is 0 Å². The molecule has 0 spiro atoms. The van der Waals surface area contributed by atoms with Crippen molar-refractivity contribution >= 4 is 17.3 Å². The lowest BCUT2D eigenvalue weighted by molar-refractivity contribution is 0.625. The molecule has 0 amide bonds. The Morgan fingerprint density at radius 1 is 1.50 bits per heavy atom. The predicted octanol–water partition coefficient (Wildman–Crippen LogP) is 1.46. The highest BCUT2D eigenvalue weighted by Gasteiger charge is 1.95. The summed E-state index contributed by atoms with van der Waals surface area (Å²) in [6, 6.07) is 6.58. The molecule has 0 aliphatic rings. The fraction of sp³-hybridized carbons (Fsp3) is 0.300. The van der Waals surface area contributed by atoms with Crippen LogP contribution < -0.4 is 10.6 Å². The van der Waals surface area contributed by atoms with E-state index in [-0.39, 0.29) is 5.82 Å². The van der Waals surface area contributed by atoms with Gasteiger partial charge in [0.25, 0.3) is 0 Å². The zero-order valence-electron chi connectivity index (χ0n) is 8.01. The first kappa shape index (κ1) is 10.9. The largest absolute Gasteiger partial charge is 0.366 e. The maximum atomic E-state index is 12.8. The summed E-state index contributed by atoms with van der Waals surface area (Å²) in [7, 11) is 1.76.